The Labute approximate surface area is 126 Å². The fourth-order valence-corrected chi connectivity index (χ4v) is 2.75. The Hall–Kier alpha value is -2.15. The predicted molar refractivity (Wildman–Crippen MR) is 80.7 cm³/mol. The molecule has 0 unspecified atom stereocenters. The Morgan fingerprint density at radius 2 is 2.14 bits per heavy atom. The van der Waals surface area contributed by atoms with Crippen LogP contribution in [0, 0.1) is 10.1 Å². The van der Waals surface area contributed by atoms with Gasteiger partial charge in [0.05, 0.1) is 9.83 Å². The Kier molecular flexibility index (Phi) is 4.74. The van der Waals surface area contributed by atoms with E-state index in [1.165, 1.54) is 23.1 Å². The van der Waals surface area contributed by atoms with Gasteiger partial charge in [-0.1, -0.05) is 25.5 Å². The number of rotatable bonds is 5. The Bertz CT molecular complexity index is 627. The second-order valence-electron chi connectivity index (χ2n) is 4.54. The van der Waals surface area contributed by atoms with Crippen LogP contribution in [-0.2, 0) is 4.79 Å². The molecule has 0 N–H and O–H groups in total. The molecule has 2 amide bonds. The van der Waals surface area contributed by atoms with E-state index >= 15 is 0 Å². The first-order valence-corrected chi connectivity index (χ1v) is 7.34. The van der Waals surface area contributed by atoms with Gasteiger partial charge in [0.2, 0.25) is 0 Å². The van der Waals surface area contributed by atoms with Crippen LogP contribution in [0.3, 0.4) is 0 Å². The van der Waals surface area contributed by atoms with Crippen molar-refractivity contribution < 1.29 is 14.5 Å². The van der Waals surface area contributed by atoms with E-state index in [2.05, 4.69) is 0 Å². The molecule has 21 heavy (non-hydrogen) atoms. The first-order chi connectivity index (χ1) is 10.0. The van der Waals surface area contributed by atoms with E-state index in [1.807, 2.05) is 6.92 Å². The Morgan fingerprint density at radius 1 is 1.38 bits per heavy atom. The van der Waals surface area contributed by atoms with Crippen LogP contribution in [0.4, 0.5) is 10.5 Å². The van der Waals surface area contributed by atoms with Crippen molar-refractivity contribution in [3.8, 4) is 0 Å². The number of imide groups is 1. The van der Waals surface area contributed by atoms with Crippen molar-refractivity contribution in [3.05, 3.63) is 44.8 Å². The van der Waals surface area contributed by atoms with Gasteiger partial charge in [0.15, 0.2) is 0 Å². The zero-order valence-electron chi connectivity index (χ0n) is 11.4. The van der Waals surface area contributed by atoms with E-state index in [0.717, 1.165) is 24.6 Å². The number of benzene rings is 1. The van der Waals surface area contributed by atoms with E-state index < -0.39 is 4.92 Å². The van der Waals surface area contributed by atoms with Crippen LogP contribution in [0.2, 0.25) is 0 Å². The number of hydrogen-bond acceptors (Lipinski definition) is 5. The van der Waals surface area contributed by atoms with Gasteiger partial charge < -0.3 is 0 Å². The van der Waals surface area contributed by atoms with Gasteiger partial charge in [-0.05, 0) is 29.8 Å². The highest BCUT2D eigenvalue weighted by Crippen LogP contribution is 2.32. The summed E-state index contributed by atoms with van der Waals surface area (Å²) < 4.78 is 0. The molecule has 2 rings (SSSR count). The van der Waals surface area contributed by atoms with Crippen molar-refractivity contribution in [3.63, 3.8) is 0 Å². The summed E-state index contributed by atoms with van der Waals surface area (Å²) in [5, 5.41) is 10.4. The fourth-order valence-electron chi connectivity index (χ4n) is 1.89. The third kappa shape index (κ3) is 3.49. The van der Waals surface area contributed by atoms with E-state index in [4.69, 9.17) is 0 Å². The highest BCUT2D eigenvalue weighted by atomic mass is 32.2. The smallest absolute Gasteiger partial charge is 0.268 e. The number of amides is 2. The largest absolute Gasteiger partial charge is 0.293 e. The van der Waals surface area contributed by atoms with Gasteiger partial charge in [0.1, 0.15) is 0 Å². The SMILES string of the molecule is CCCCN1C(=O)SC(=Cc2cccc([N+](=O)[O-])c2)C1=O. The van der Waals surface area contributed by atoms with Crippen LogP contribution in [0.15, 0.2) is 29.2 Å². The van der Waals surface area contributed by atoms with Gasteiger partial charge in [0, 0.05) is 18.7 Å². The summed E-state index contributed by atoms with van der Waals surface area (Å²) in [6.07, 6.45) is 3.18. The number of thioether (sulfide) groups is 1. The maximum atomic E-state index is 12.1. The van der Waals surface area contributed by atoms with Crippen molar-refractivity contribution >= 4 is 34.7 Å². The van der Waals surface area contributed by atoms with E-state index in [1.54, 1.807) is 12.1 Å². The first kappa shape index (κ1) is 15.2. The molecule has 0 bridgehead atoms. The molecule has 110 valence electrons. The second kappa shape index (κ2) is 6.53. The summed E-state index contributed by atoms with van der Waals surface area (Å²) in [7, 11) is 0. The lowest BCUT2D eigenvalue weighted by atomic mass is 10.2. The lowest BCUT2D eigenvalue weighted by Crippen LogP contribution is -2.29. The van der Waals surface area contributed by atoms with Crippen LogP contribution in [0.25, 0.3) is 6.08 Å². The number of nitrogens with zero attached hydrogens (tertiary/aromatic N) is 2. The van der Waals surface area contributed by atoms with Crippen molar-refractivity contribution in [2.45, 2.75) is 19.8 Å². The molecule has 0 radical (unpaired) electrons. The third-order valence-electron chi connectivity index (χ3n) is 2.99. The summed E-state index contributed by atoms with van der Waals surface area (Å²) in [4.78, 5) is 35.7. The lowest BCUT2D eigenvalue weighted by Gasteiger charge is -2.10. The van der Waals surface area contributed by atoms with E-state index in [0.29, 0.717) is 17.0 Å². The monoisotopic (exact) mass is 306 g/mol. The van der Waals surface area contributed by atoms with Gasteiger partial charge in [-0.3, -0.25) is 24.6 Å². The summed E-state index contributed by atoms with van der Waals surface area (Å²) in [6.45, 7) is 2.39. The molecule has 0 saturated carbocycles. The highest BCUT2D eigenvalue weighted by Gasteiger charge is 2.34. The van der Waals surface area contributed by atoms with Crippen molar-refractivity contribution in [2.24, 2.45) is 0 Å². The molecule has 0 aliphatic carbocycles. The summed E-state index contributed by atoms with van der Waals surface area (Å²) in [5.74, 6) is -0.329. The molecular formula is C14H14N2O4S. The molecule has 6 nitrogen and oxygen atoms in total. The number of carbonyl (C=O) groups is 2. The molecule has 0 aromatic heterocycles. The van der Waals surface area contributed by atoms with Gasteiger partial charge in [-0.15, -0.1) is 0 Å². The molecular weight excluding hydrogens is 292 g/mol. The second-order valence-corrected chi connectivity index (χ2v) is 5.53. The van der Waals surface area contributed by atoms with Crippen LogP contribution in [-0.4, -0.2) is 27.5 Å². The topological polar surface area (TPSA) is 80.5 Å². The number of carbonyl (C=O) groups excluding carboxylic acids is 2. The molecule has 1 aromatic rings. The lowest BCUT2D eigenvalue weighted by molar-refractivity contribution is -0.384. The van der Waals surface area contributed by atoms with Gasteiger partial charge >= 0.3 is 0 Å². The third-order valence-corrected chi connectivity index (χ3v) is 3.90. The quantitative estimate of drug-likeness (QED) is 0.473. The van der Waals surface area contributed by atoms with E-state index in [-0.39, 0.29) is 16.8 Å². The Morgan fingerprint density at radius 3 is 2.81 bits per heavy atom. The molecule has 1 heterocycles. The molecule has 0 spiro atoms. The minimum atomic E-state index is -0.496. The summed E-state index contributed by atoms with van der Waals surface area (Å²) in [6, 6.07) is 5.96. The van der Waals surface area contributed by atoms with Crippen LogP contribution in [0.1, 0.15) is 25.3 Å². The van der Waals surface area contributed by atoms with Crippen molar-refractivity contribution in [1.82, 2.24) is 4.90 Å². The predicted octanol–water partition coefficient (Wildman–Crippen LogP) is 3.43. The normalized spacial score (nSPS) is 16.8. The average Bonchev–Trinajstić information content (AvgIpc) is 2.72. The first-order valence-electron chi connectivity index (χ1n) is 6.52. The number of hydrogen-bond donors (Lipinski definition) is 0. The van der Waals surface area contributed by atoms with Gasteiger partial charge in [0.25, 0.3) is 16.8 Å². The Balaban J connectivity index is 2.22. The van der Waals surface area contributed by atoms with Gasteiger partial charge in [-0.25, -0.2) is 0 Å². The van der Waals surface area contributed by atoms with Crippen LogP contribution >= 0.6 is 11.8 Å². The number of unbranched alkanes of at least 4 members (excludes halogenated alkanes) is 1. The van der Waals surface area contributed by atoms with Crippen LogP contribution in [0.5, 0.6) is 0 Å². The zero-order valence-corrected chi connectivity index (χ0v) is 12.3. The number of non-ortho nitro benzene ring substituents is 1. The van der Waals surface area contributed by atoms with Crippen LogP contribution < -0.4 is 0 Å². The fraction of sp³-hybridized carbons (Fsp3) is 0.286. The number of nitro groups is 1. The molecule has 1 aliphatic rings. The minimum Gasteiger partial charge on any atom is -0.268 e. The maximum absolute atomic E-state index is 12.1. The highest BCUT2D eigenvalue weighted by molar-refractivity contribution is 8.18. The number of nitro benzene ring substituents is 1. The van der Waals surface area contributed by atoms with Gasteiger partial charge in [-0.2, -0.15) is 0 Å². The van der Waals surface area contributed by atoms with E-state index in [9.17, 15) is 19.7 Å². The summed E-state index contributed by atoms with van der Waals surface area (Å²) in [5.41, 5.74) is 0.485. The molecule has 1 fully saturated rings. The molecule has 1 aromatic carbocycles. The molecule has 7 heteroatoms. The maximum Gasteiger partial charge on any atom is 0.293 e. The standard InChI is InChI=1S/C14H14N2O4S/c1-2-3-7-15-13(17)12(21-14(15)18)9-10-5-4-6-11(8-10)16(19)20/h4-6,8-9H,2-3,7H2,1H3. The molecule has 0 atom stereocenters. The summed E-state index contributed by atoms with van der Waals surface area (Å²) >= 11 is 0.870. The minimum absolute atomic E-state index is 0.0473. The van der Waals surface area contributed by atoms with Crippen molar-refractivity contribution in [1.29, 1.82) is 0 Å². The van der Waals surface area contributed by atoms with Crippen molar-refractivity contribution in [2.75, 3.05) is 6.54 Å². The zero-order chi connectivity index (χ0) is 15.4. The average molecular weight is 306 g/mol. The molecule has 1 saturated heterocycles. The molecule has 1 aliphatic heterocycles.